The minimum absolute atomic E-state index is 0.219. The number of carbonyl (C=O) groups is 3. The lowest BCUT2D eigenvalue weighted by atomic mass is 10.2. The quantitative estimate of drug-likeness (QED) is 0.759. The van der Waals surface area contributed by atoms with Crippen LogP contribution in [0.15, 0.2) is 24.3 Å². The summed E-state index contributed by atoms with van der Waals surface area (Å²) in [5.41, 5.74) is 0.396. The highest BCUT2D eigenvalue weighted by atomic mass is 35.5. The van der Waals surface area contributed by atoms with Crippen molar-refractivity contribution in [3.8, 4) is 0 Å². The lowest BCUT2D eigenvalue weighted by Crippen LogP contribution is -2.39. The van der Waals surface area contributed by atoms with Gasteiger partial charge in [-0.2, -0.15) is 0 Å². The third-order valence-corrected chi connectivity index (χ3v) is 2.50. The minimum Gasteiger partial charge on any atom is -0.465 e. The largest absolute Gasteiger partial charge is 0.465 e. The molecule has 0 radical (unpaired) electrons. The number of esters is 1. The first-order valence-corrected chi connectivity index (χ1v) is 6.36. The molecular formula is C13H15ClN2O4. The van der Waals surface area contributed by atoms with E-state index in [1.165, 1.54) is 0 Å². The van der Waals surface area contributed by atoms with Crippen LogP contribution in [0.1, 0.15) is 17.3 Å². The van der Waals surface area contributed by atoms with Crippen LogP contribution in [-0.2, 0) is 14.3 Å². The lowest BCUT2D eigenvalue weighted by molar-refractivity contribution is -0.143. The van der Waals surface area contributed by atoms with Crippen molar-refractivity contribution in [2.75, 3.05) is 19.7 Å². The molecule has 1 aromatic rings. The van der Waals surface area contributed by atoms with Crippen LogP contribution in [-0.4, -0.2) is 37.5 Å². The first-order chi connectivity index (χ1) is 9.52. The Bertz CT molecular complexity index is 488. The second-order valence-electron chi connectivity index (χ2n) is 3.77. The molecule has 7 heteroatoms. The SMILES string of the molecule is CCOC(=O)CNC(=O)CNC(=O)c1ccc(Cl)cc1. The van der Waals surface area contributed by atoms with Crippen LogP contribution in [0, 0.1) is 0 Å². The van der Waals surface area contributed by atoms with Crippen LogP contribution in [0.4, 0.5) is 0 Å². The van der Waals surface area contributed by atoms with Crippen LogP contribution in [0.5, 0.6) is 0 Å². The van der Waals surface area contributed by atoms with Crippen molar-refractivity contribution in [3.05, 3.63) is 34.9 Å². The van der Waals surface area contributed by atoms with Crippen molar-refractivity contribution in [3.63, 3.8) is 0 Å². The Hall–Kier alpha value is -2.08. The third kappa shape index (κ3) is 5.71. The zero-order valence-electron chi connectivity index (χ0n) is 10.9. The van der Waals surface area contributed by atoms with Crippen LogP contribution >= 0.6 is 11.6 Å². The van der Waals surface area contributed by atoms with Gasteiger partial charge in [-0.25, -0.2) is 0 Å². The first-order valence-electron chi connectivity index (χ1n) is 5.99. The van der Waals surface area contributed by atoms with Gasteiger partial charge in [-0.1, -0.05) is 11.6 Å². The van der Waals surface area contributed by atoms with Gasteiger partial charge in [-0.15, -0.1) is 0 Å². The molecule has 0 atom stereocenters. The van der Waals surface area contributed by atoms with Crippen LogP contribution in [0.2, 0.25) is 5.02 Å². The monoisotopic (exact) mass is 298 g/mol. The Morgan fingerprint density at radius 2 is 1.75 bits per heavy atom. The molecule has 0 fully saturated rings. The van der Waals surface area contributed by atoms with Crippen LogP contribution in [0.3, 0.4) is 0 Å². The first kappa shape index (κ1) is 16.0. The summed E-state index contributed by atoms with van der Waals surface area (Å²) in [6.45, 7) is 1.48. The molecule has 0 bridgehead atoms. The molecule has 0 aliphatic carbocycles. The fraction of sp³-hybridized carbons (Fsp3) is 0.308. The molecule has 0 aromatic heterocycles. The van der Waals surface area contributed by atoms with Gasteiger partial charge >= 0.3 is 5.97 Å². The average molecular weight is 299 g/mol. The van der Waals surface area contributed by atoms with E-state index in [0.29, 0.717) is 10.6 Å². The molecule has 1 rings (SSSR count). The second-order valence-corrected chi connectivity index (χ2v) is 4.21. The second kappa shape index (κ2) is 8.16. The number of benzene rings is 1. The number of hydrogen-bond acceptors (Lipinski definition) is 4. The van der Waals surface area contributed by atoms with E-state index >= 15 is 0 Å². The van der Waals surface area contributed by atoms with Crippen molar-refractivity contribution in [2.24, 2.45) is 0 Å². The number of hydrogen-bond donors (Lipinski definition) is 2. The molecule has 0 saturated heterocycles. The highest BCUT2D eigenvalue weighted by Crippen LogP contribution is 2.09. The lowest BCUT2D eigenvalue weighted by Gasteiger charge is -2.06. The molecular weight excluding hydrogens is 284 g/mol. The van der Waals surface area contributed by atoms with E-state index in [9.17, 15) is 14.4 Å². The summed E-state index contributed by atoms with van der Waals surface area (Å²) < 4.78 is 4.64. The molecule has 0 aliphatic rings. The Kier molecular flexibility index (Phi) is 6.52. The van der Waals surface area contributed by atoms with E-state index in [1.54, 1.807) is 31.2 Å². The average Bonchev–Trinajstić information content (AvgIpc) is 2.43. The predicted octanol–water partition coefficient (Wildman–Crippen LogP) is 0.749. The fourth-order valence-electron chi connectivity index (χ4n) is 1.31. The molecule has 2 amide bonds. The molecule has 108 valence electrons. The fourth-order valence-corrected chi connectivity index (χ4v) is 1.44. The maximum absolute atomic E-state index is 11.7. The van der Waals surface area contributed by atoms with Gasteiger partial charge in [0.15, 0.2) is 0 Å². The number of halogens is 1. The zero-order valence-corrected chi connectivity index (χ0v) is 11.7. The number of nitrogens with one attached hydrogen (secondary N) is 2. The van der Waals surface area contributed by atoms with Crippen molar-refractivity contribution < 1.29 is 19.1 Å². The van der Waals surface area contributed by atoms with Gasteiger partial charge in [0.2, 0.25) is 5.91 Å². The minimum atomic E-state index is -0.523. The maximum atomic E-state index is 11.7. The predicted molar refractivity (Wildman–Crippen MR) is 73.4 cm³/mol. The summed E-state index contributed by atoms with van der Waals surface area (Å²) in [6, 6.07) is 6.26. The third-order valence-electron chi connectivity index (χ3n) is 2.25. The van der Waals surface area contributed by atoms with Crippen molar-refractivity contribution in [1.82, 2.24) is 10.6 Å². The Morgan fingerprint density at radius 3 is 2.35 bits per heavy atom. The molecule has 1 aromatic carbocycles. The molecule has 20 heavy (non-hydrogen) atoms. The summed E-state index contributed by atoms with van der Waals surface area (Å²) in [5.74, 6) is -1.39. The smallest absolute Gasteiger partial charge is 0.325 e. The van der Waals surface area contributed by atoms with Crippen LogP contribution in [0.25, 0.3) is 0 Å². The van der Waals surface area contributed by atoms with Gasteiger partial charge in [0.1, 0.15) is 6.54 Å². The molecule has 2 N–H and O–H groups in total. The molecule has 0 spiro atoms. The summed E-state index contributed by atoms with van der Waals surface area (Å²) in [4.78, 5) is 34.1. The van der Waals surface area contributed by atoms with Crippen molar-refractivity contribution in [2.45, 2.75) is 6.92 Å². The number of ether oxygens (including phenoxy) is 1. The number of amides is 2. The summed E-state index contributed by atoms with van der Waals surface area (Å²) in [7, 11) is 0. The Balaban J connectivity index is 2.32. The van der Waals surface area contributed by atoms with Gasteiger partial charge in [0, 0.05) is 10.6 Å². The summed E-state index contributed by atoms with van der Waals surface area (Å²) >= 11 is 5.70. The van der Waals surface area contributed by atoms with Gasteiger partial charge in [0.25, 0.3) is 5.91 Å². The molecule has 0 aliphatic heterocycles. The van der Waals surface area contributed by atoms with E-state index in [1.807, 2.05) is 0 Å². The zero-order chi connectivity index (χ0) is 15.0. The van der Waals surface area contributed by atoms with E-state index in [2.05, 4.69) is 15.4 Å². The normalized spacial score (nSPS) is 9.70. The van der Waals surface area contributed by atoms with Crippen molar-refractivity contribution in [1.29, 1.82) is 0 Å². The molecule has 0 unspecified atom stereocenters. The van der Waals surface area contributed by atoms with E-state index in [4.69, 9.17) is 11.6 Å². The van der Waals surface area contributed by atoms with Crippen molar-refractivity contribution >= 4 is 29.4 Å². The Labute approximate surface area is 121 Å². The van der Waals surface area contributed by atoms with E-state index in [-0.39, 0.29) is 19.7 Å². The Morgan fingerprint density at radius 1 is 1.10 bits per heavy atom. The van der Waals surface area contributed by atoms with Gasteiger partial charge in [-0.3, -0.25) is 14.4 Å². The van der Waals surface area contributed by atoms with Gasteiger partial charge in [0.05, 0.1) is 13.2 Å². The standard InChI is InChI=1S/C13H15ClN2O4/c1-2-20-12(18)8-15-11(17)7-16-13(19)9-3-5-10(14)6-4-9/h3-6H,2,7-8H2,1H3,(H,15,17)(H,16,19). The molecule has 0 heterocycles. The molecule has 0 saturated carbocycles. The number of rotatable bonds is 6. The van der Waals surface area contributed by atoms with E-state index < -0.39 is 17.8 Å². The van der Waals surface area contributed by atoms with Gasteiger partial charge in [-0.05, 0) is 31.2 Å². The summed E-state index contributed by atoms with van der Waals surface area (Å²) in [5, 5.41) is 5.28. The van der Waals surface area contributed by atoms with Crippen LogP contribution < -0.4 is 10.6 Å². The van der Waals surface area contributed by atoms with E-state index in [0.717, 1.165) is 0 Å². The highest BCUT2D eigenvalue weighted by Gasteiger charge is 2.09. The summed E-state index contributed by atoms with van der Waals surface area (Å²) in [6.07, 6.45) is 0. The number of carbonyl (C=O) groups excluding carboxylic acids is 3. The van der Waals surface area contributed by atoms with Gasteiger partial charge < -0.3 is 15.4 Å². The highest BCUT2D eigenvalue weighted by molar-refractivity contribution is 6.30. The molecule has 6 nitrogen and oxygen atoms in total. The maximum Gasteiger partial charge on any atom is 0.325 e. The topological polar surface area (TPSA) is 84.5 Å².